The van der Waals surface area contributed by atoms with Crippen LogP contribution in [0.15, 0.2) is 191 Å². The van der Waals surface area contributed by atoms with Crippen LogP contribution in [0.4, 0.5) is 11.4 Å². The van der Waals surface area contributed by atoms with Crippen LogP contribution in [-0.4, -0.2) is 24.1 Å². The topological polar surface area (TPSA) is 42.9 Å². The Labute approximate surface area is 341 Å². The van der Waals surface area contributed by atoms with Gasteiger partial charge in [-0.05, 0) is 108 Å². The van der Waals surface area contributed by atoms with E-state index in [4.69, 9.17) is 4.99 Å². The summed E-state index contributed by atoms with van der Waals surface area (Å²) in [6.45, 7) is 0. The van der Waals surface area contributed by atoms with Crippen molar-refractivity contribution in [2.45, 2.75) is 75.3 Å². The molecule has 5 nitrogen and oxygen atoms in total. The summed E-state index contributed by atoms with van der Waals surface area (Å²) in [6.07, 6.45) is 34.3. The third-order valence-corrected chi connectivity index (χ3v) is 14.0. The second-order valence-corrected chi connectivity index (χ2v) is 17.2. The highest BCUT2D eigenvalue weighted by molar-refractivity contribution is 6.00. The first-order chi connectivity index (χ1) is 28.7. The van der Waals surface area contributed by atoms with Crippen LogP contribution >= 0.6 is 0 Å². The Hall–Kier alpha value is -5.91. The van der Waals surface area contributed by atoms with Gasteiger partial charge in [0.1, 0.15) is 18.2 Å². The molecule has 1 fully saturated rings. The average Bonchev–Trinajstić information content (AvgIpc) is 3.80. The molecule has 5 aliphatic carbocycles. The third kappa shape index (κ3) is 5.58. The number of anilines is 2. The van der Waals surface area contributed by atoms with Crippen LogP contribution in [0.2, 0.25) is 0 Å². The molecule has 0 amide bonds. The van der Waals surface area contributed by atoms with Gasteiger partial charge < -0.3 is 15.1 Å². The smallest absolute Gasteiger partial charge is 0.131 e. The van der Waals surface area contributed by atoms with E-state index < -0.39 is 0 Å². The summed E-state index contributed by atoms with van der Waals surface area (Å²) in [5.74, 6) is 2.21. The lowest BCUT2D eigenvalue weighted by atomic mass is 9.79. The van der Waals surface area contributed by atoms with E-state index in [-0.39, 0.29) is 12.3 Å². The van der Waals surface area contributed by atoms with Crippen LogP contribution < -0.4 is 20.4 Å². The third-order valence-electron chi connectivity index (χ3n) is 14.0. The molecular formula is C53H49N5. The van der Waals surface area contributed by atoms with E-state index in [1.165, 1.54) is 74.2 Å². The van der Waals surface area contributed by atoms with Crippen LogP contribution in [0.3, 0.4) is 0 Å². The van der Waals surface area contributed by atoms with Crippen LogP contribution in [0.25, 0.3) is 10.8 Å². The second-order valence-electron chi connectivity index (χ2n) is 17.2. The van der Waals surface area contributed by atoms with Crippen LogP contribution in [-0.2, 0) is 0 Å². The molecule has 3 heterocycles. The SMILES string of the molecule is C1=CC(C2N=C(c3ccccc3)NC(c3cc4ccccc4cc3N3C4=CC5=CC=C(N6c7ccccc7C7CCC=CC76)CC5C=C4C4C=CCCC43)N2)=CCC1. The van der Waals surface area contributed by atoms with Gasteiger partial charge in [0.2, 0.25) is 0 Å². The first-order valence-electron chi connectivity index (χ1n) is 21.7. The van der Waals surface area contributed by atoms with E-state index >= 15 is 0 Å². The Kier molecular flexibility index (Phi) is 8.18. The number of hydrogen-bond donors (Lipinski definition) is 2. The number of amidine groups is 1. The molecule has 0 aromatic heterocycles. The number of para-hydroxylation sites is 1. The number of rotatable bonds is 5. The minimum atomic E-state index is -0.156. The number of nitrogens with zero attached hydrogens (tertiary/aromatic N) is 3. The van der Waals surface area contributed by atoms with Gasteiger partial charge in [-0.1, -0.05) is 127 Å². The molecule has 0 spiro atoms. The van der Waals surface area contributed by atoms with Crippen LogP contribution in [0, 0.1) is 11.8 Å². The Bertz CT molecular complexity index is 2610. The maximum absolute atomic E-state index is 5.30. The molecule has 7 unspecified atom stereocenters. The second kappa shape index (κ2) is 13.9. The summed E-state index contributed by atoms with van der Waals surface area (Å²) in [7, 11) is 0. The molecule has 1 saturated heterocycles. The van der Waals surface area contributed by atoms with E-state index in [0.29, 0.717) is 29.8 Å². The lowest BCUT2D eigenvalue weighted by Gasteiger charge is -2.38. The van der Waals surface area contributed by atoms with Gasteiger partial charge in [0, 0.05) is 57.7 Å². The van der Waals surface area contributed by atoms with Gasteiger partial charge in [-0.25, -0.2) is 4.99 Å². The Morgan fingerprint density at radius 1 is 0.690 bits per heavy atom. The fraction of sp³-hybridized carbons (Fsp3) is 0.264. The first-order valence-corrected chi connectivity index (χ1v) is 21.7. The molecule has 5 heteroatoms. The molecule has 3 aliphatic heterocycles. The van der Waals surface area contributed by atoms with Crippen molar-refractivity contribution in [3.8, 4) is 0 Å². The fourth-order valence-electron chi connectivity index (χ4n) is 11.3. The van der Waals surface area contributed by atoms with Crippen molar-refractivity contribution in [3.63, 3.8) is 0 Å². The van der Waals surface area contributed by atoms with Gasteiger partial charge >= 0.3 is 0 Å². The molecule has 286 valence electrons. The molecule has 0 saturated carbocycles. The predicted molar refractivity (Wildman–Crippen MR) is 239 cm³/mol. The zero-order chi connectivity index (χ0) is 38.2. The molecule has 12 rings (SSSR count). The maximum Gasteiger partial charge on any atom is 0.131 e. The van der Waals surface area contributed by atoms with Crippen LogP contribution in [0.1, 0.15) is 73.7 Å². The minimum Gasteiger partial charge on any atom is -0.350 e. The number of hydrogen-bond acceptors (Lipinski definition) is 5. The van der Waals surface area contributed by atoms with Crippen molar-refractivity contribution in [3.05, 3.63) is 203 Å². The normalized spacial score (nSPS) is 29.1. The van der Waals surface area contributed by atoms with E-state index in [0.717, 1.165) is 43.5 Å². The van der Waals surface area contributed by atoms with Crippen molar-refractivity contribution in [2.75, 3.05) is 9.80 Å². The van der Waals surface area contributed by atoms with Gasteiger partial charge in [-0.2, -0.15) is 0 Å². The Balaban J connectivity index is 0.970. The van der Waals surface area contributed by atoms with Gasteiger partial charge in [0.15, 0.2) is 0 Å². The average molecular weight is 756 g/mol. The summed E-state index contributed by atoms with van der Waals surface area (Å²) in [6, 6.07) is 34.3. The molecule has 0 bridgehead atoms. The van der Waals surface area contributed by atoms with E-state index in [2.05, 4.69) is 178 Å². The predicted octanol–water partition coefficient (Wildman–Crippen LogP) is 11.2. The van der Waals surface area contributed by atoms with Gasteiger partial charge in [0.05, 0.1) is 6.04 Å². The highest BCUT2D eigenvalue weighted by Gasteiger charge is 2.46. The van der Waals surface area contributed by atoms with E-state index in [1.807, 2.05) is 0 Å². The number of benzene rings is 4. The zero-order valence-corrected chi connectivity index (χ0v) is 32.8. The number of allylic oxidation sites excluding steroid dienone is 11. The molecular weight excluding hydrogens is 707 g/mol. The maximum atomic E-state index is 5.30. The van der Waals surface area contributed by atoms with Crippen molar-refractivity contribution >= 4 is 28.0 Å². The molecule has 4 aromatic rings. The first kappa shape index (κ1) is 34.2. The number of nitrogens with one attached hydrogen (secondary N) is 2. The summed E-state index contributed by atoms with van der Waals surface area (Å²) in [4.78, 5) is 10.7. The molecule has 58 heavy (non-hydrogen) atoms. The Morgan fingerprint density at radius 3 is 2.41 bits per heavy atom. The molecule has 8 aliphatic rings. The molecule has 2 N–H and O–H groups in total. The molecule has 7 atom stereocenters. The van der Waals surface area contributed by atoms with Crippen molar-refractivity contribution < 1.29 is 0 Å². The quantitative estimate of drug-likeness (QED) is 0.199. The van der Waals surface area contributed by atoms with Crippen LogP contribution in [0.5, 0.6) is 0 Å². The summed E-state index contributed by atoms with van der Waals surface area (Å²) in [5.41, 5.74) is 13.5. The lowest BCUT2D eigenvalue weighted by molar-refractivity contribution is 0.433. The summed E-state index contributed by atoms with van der Waals surface area (Å²) < 4.78 is 0. The number of aliphatic imine (C=N–C) groups is 1. The van der Waals surface area contributed by atoms with Gasteiger partial charge in [-0.3, -0.25) is 5.32 Å². The zero-order valence-electron chi connectivity index (χ0n) is 32.8. The standard InChI is InChI=1S/C53H49N5/c1-3-15-34(16-4-1)51-54-52(35-17-5-2-6-18-35)56-53(55-51)45-30-36-19-7-8-20-37(36)32-50(45)58-48-26-14-11-23-43(48)44-31-39-29-40(28-27-38(39)33-49(44)58)57-46-24-12-9-21-41(46)42-22-10-13-25-47(42)57/h1,3-5,7-9,11-13,15-21,23-25,27-28,30-33,39,42-43,47-48,52-53,56H,2,6,10,14,22,26,29H2,(H,54,55). The monoisotopic (exact) mass is 755 g/mol. The highest BCUT2D eigenvalue weighted by Crippen LogP contribution is 2.53. The van der Waals surface area contributed by atoms with E-state index in [9.17, 15) is 0 Å². The van der Waals surface area contributed by atoms with Gasteiger partial charge in [-0.15, -0.1) is 0 Å². The van der Waals surface area contributed by atoms with Crippen molar-refractivity contribution in [1.82, 2.24) is 10.6 Å². The van der Waals surface area contributed by atoms with Gasteiger partial charge in [0.25, 0.3) is 0 Å². The largest absolute Gasteiger partial charge is 0.350 e. The fourth-order valence-corrected chi connectivity index (χ4v) is 11.3. The highest BCUT2D eigenvalue weighted by atomic mass is 15.3. The minimum absolute atomic E-state index is 0.151. The van der Waals surface area contributed by atoms with Crippen molar-refractivity contribution in [1.29, 1.82) is 0 Å². The number of fused-ring (bicyclic) bond motifs is 8. The summed E-state index contributed by atoms with van der Waals surface area (Å²) >= 11 is 0. The lowest BCUT2D eigenvalue weighted by Crippen LogP contribution is -2.49. The molecule has 4 aromatic carbocycles. The Morgan fingerprint density at radius 2 is 1.52 bits per heavy atom. The molecule has 0 radical (unpaired) electrons. The van der Waals surface area contributed by atoms with Crippen molar-refractivity contribution in [2.24, 2.45) is 16.8 Å². The van der Waals surface area contributed by atoms with E-state index in [1.54, 1.807) is 0 Å². The summed E-state index contributed by atoms with van der Waals surface area (Å²) in [5, 5.41) is 10.4.